The Kier molecular flexibility index (Phi) is 4.12. The molecular formula is C13H14FN3O2. The number of amides is 1. The van der Waals surface area contributed by atoms with Crippen molar-refractivity contribution in [2.75, 3.05) is 7.11 Å². The molecule has 1 aromatic heterocycles. The molecule has 0 fully saturated rings. The Bertz CT molecular complexity index is 555. The number of halogens is 1. The number of methoxy groups -OCH3 is 1. The van der Waals surface area contributed by atoms with E-state index in [1.54, 1.807) is 18.6 Å². The fourth-order valence-electron chi connectivity index (χ4n) is 1.64. The number of aromatic amines is 1. The zero-order valence-electron chi connectivity index (χ0n) is 10.4. The largest absolute Gasteiger partial charge is 0.494 e. The Labute approximate surface area is 109 Å². The van der Waals surface area contributed by atoms with Gasteiger partial charge in [-0.25, -0.2) is 9.37 Å². The highest BCUT2D eigenvalue weighted by Gasteiger charge is 2.07. The highest BCUT2D eigenvalue weighted by Crippen LogP contribution is 2.17. The Morgan fingerprint density at radius 1 is 1.53 bits per heavy atom. The summed E-state index contributed by atoms with van der Waals surface area (Å²) < 4.78 is 18.3. The lowest BCUT2D eigenvalue weighted by Gasteiger charge is -2.06. The number of nitrogens with one attached hydrogen (secondary N) is 2. The van der Waals surface area contributed by atoms with E-state index in [0.717, 1.165) is 5.69 Å². The normalized spacial score (nSPS) is 10.2. The van der Waals surface area contributed by atoms with Crippen LogP contribution in [0.3, 0.4) is 0 Å². The van der Waals surface area contributed by atoms with E-state index in [-0.39, 0.29) is 18.1 Å². The number of imidazole rings is 1. The van der Waals surface area contributed by atoms with Crippen LogP contribution in [0.5, 0.6) is 5.75 Å². The molecule has 19 heavy (non-hydrogen) atoms. The number of hydrogen-bond donors (Lipinski definition) is 2. The molecule has 0 aliphatic rings. The molecule has 0 bridgehead atoms. The van der Waals surface area contributed by atoms with Crippen molar-refractivity contribution in [1.29, 1.82) is 0 Å². The van der Waals surface area contributed by atoms with Crippen molar-refractivity contribution < 1.29 is 13.9 Å². The summed E-state index contributed by atoms with van der Waals surface area (Å²) in [5, 5.41) is 2.72. The standard InChI is InChI=1S/C13H14FN3O2/c1-19-12-3-2-9(4-11(12)14)5-13(18)16-7-10-6-15-8-17-10/h2-4,6,8H,5,7H2,1H3,(H,15,17)(H,16,18). The summed E-state index contributed by atoms with van der Waals surface area (Å²) in [5.74, 6) is -0.484. The molecule has 0 radical (unpaired) electrons. The molecule has 0 unspecified atom stereocenters. The molecule has 1 heterocycles. The van der Waals surface area contributed by atoms with E-state index < -0.39 is 5.82 Å². The molecule has 0 saturated carbocycles. The number of carbonyl (C=O) groups excluding carboxylic acids is 1. The van der Waals surface area contributed by atoms with Crippen molar-refractivity contribution >= 4 is 5.91 Å². The third-order valence-corrected chi connectivity index (χ3v) is 2.61. The van der Waals surface area contributed by atoms with E-state index in [1.807, 2.05) is 0 Å². The molecule has 0 atom stereocenters. The minimum atomic E-state index is -0.471. The summed E-state index contributed by atoms with van der Waals surface area (Å²) >= 11 is 0. The van der Waals surface area contributed by atoms with Gasteiger partial charge in [-0.1, -0.05) is 6.07 Å². The maximum atomic E-state index is 13.4. The molecule has 2 aromatic rings. The van der Waals surface area contributed by atoms with Crippen LogP contribution in [-0.2, 0) is 17.8 Å². The molecule has 0 saturated heterocycles. The van der Waals surface area contributed by atoms with Crippen molar-refractivity contribution in [1.82, 2.24) is 15.3 Å². The Balaban J connectivity index is 1.90. The van der Waals surface area contributed by atoms with Crippen LogP contribution in [0.4, 0.5) is 4.39 Å². The number of hydrogen-bond acceptors (Lipinski definition) is 3. The first-order valence-electron chi connectivity index (χ1n) is 5.75. The first-order valence-corrected chi connectivity index (χ1v) is 5.75. The van der Waals surface area contributed by atoms with Crippen LogP contribution < -0.4 is 10.1 Å². The van der Waals surface area contributed by atoms with Crippen molar-refractivity contribution in [2.24, 2.45) is 0 Å². The summed E-state index contributed by atoms with van der Waals surface area (Å²) in [5.41, 5.74) is 1.41. The zero-order valence-corrected chi connectivity index (χ0v) is 10.4. The molecule has 2 N–H and O–H groups in total. The first kappa shape index (κ1) is 13.1. The second-order valence-corrected chi connectivity index (χ2v) is 4.00. The number of nitrogens with zero attached hydrogens (tertiary/aromatic N) is 1. The molecule has 2 rings (SSSR count). The quantitative estimate of drug-likeness (QED) is 0.857. The topological polar surface area (TPSA) is 67.0 Å². The van der Waals surface area contributed by atoms with Gasteiger partial charge in [-0.15, -0.1) is 0 Å². The molecule has 5 nitrogen and oxygen atoms in total. The number of carbonyl (C=O) groups is 1. The van der Waals surface area contributed by atoms with Crippen LogP contribution in [0.25, 0.3) is 0 Å². The van der Waals surface area contributed by atoms with Crippen LogP contribution in [0, 0.1) is 5.82 Å². The fraction of sp³-hybridized carbons (Fsp3) is 0.231. The van der Waals surface area contributed by atoms with Gasteiger partial charge in [-0.2, -0.15) is 0 Å². The van der Waals surface area contributed by atoms with Gasteiger partial charge in [0, 0.05) is 6.20 Å². The number of benzene rings is 1. The number of aromatic nitrogens is 2. The minimum Gasteiger partial charge on any atom is -0.494 e. The molecule has 0 aliphatic heterocycles. The van der Waals surface area contributed by atoms with E-state index in [2.05, 4.69) is 15.3 Å². The molecule has 1 aromatic carbocycles. The highest BCUT2D eigenvalue weighted by molar-refractivity contribution is 5.78. The van der Waals surface area contributed by atoms with E-state index >= 15 is 0 Å². The van der Waals surface area contributed by atoms with Crippen molar-refractivity contribution in [2.45, 2.75) is 13.0 Å². The number of H-pyrrole nitrogens is 1. The van der Waals surface area contributed by atoms with E-state index in [4.69, 9.17) is 4.74 Å². The summed E-state index contributed by atoms with van der Waals surface area (Å²) in [6.45, 7) is 0.372. The van der Waals surface area contributed by atoms with Gasteiger partial charge in [0.05, 0.1) is 32.1 Å². The van der Waals surface area contributed by atoms with Gasteiger partial charge in [0.25, 0.3) is 0 Å². The van der Waals surface area contributed by atoms with Crippen LogP contribution in [0.1, 0.15) is 11.3 Å². The summed E-state index contributed by atoms with van der Waals surface area (Å²) in [6.07, 6.45) is 3.29. The third kappa shape index (κ3) is 3.54. The lowest BCUT2D eigenvalue weighted by atomic mass is 10.1. The molecule has 6 heteroatoms. The third-order valence-electron chi connectivity index (χ3n) is 2.61. The van der Waals surface area contributed by atoms with E-state index in [0.29, 0.717) is 12.1 Å². The number of rotatable bonds is 5. The van der Waals surface area contributed by atoms with Crippen molar-refractivity contribution in [3.05, 3.63) is 47.8 Å². The summed E-state index contributed by atoms with van der Waals surface area (Å²) in [7, 11) is 1.40. The van der Waals surface area contributed by atoms with Crippen LogP contribution in [0.15, 0.2) is 30.7 Å². The SMILES string of the molecule is COc1ccc(CC(=O)NCc2cnc[nH]2)cc1F. The molecular weight excluding hydrogens is 249 g/mol. The van der Waals surface area contributed by atoms with Crippen LogP contribution in [-0.4, -0.2) is 23.0 Å². The maximum absolute atomic E-state index is 13.4. The molecule has 1 amide bonds. The summed E-state index contributed by atoms with van der Waals surface area (Å²) in [6, 6.07) is 4.47. The Morgan fingerprint density at radius 2 is 2.37 bits per heavy atom. The maximum Gasteiger partial charge on any atom is 0.224 e. The monoisotopic (exact) mass is 263 g/mol. The smallest absolute Gasteiger partial charge is 0.224 e. The Morgan fingerprint density at radius 3 is 3.00 bits per heavy atom. The van der Waals surface area contributed by atoms with Gasteiger partial charge >= 0.3 is 0 Å². The van der Waals surface area contributed by atoms with Crippen molar-refractivity contribution in [3.8, 4) is 5.75 Å². The second kappa shape index (κ2) is 5.99. The van der Waals surface area contributed by atoms with Gasteiger partial charge in [-0.05, 0) is 17.7 Å². The first-order chi connectivity index (χ1) is 9.19. The summed E-state index contributed by atoms with van der Waals surface area (Å²) in [4.78, 5) is 18.4. The van der Waals surface area contributed by atoms with Gasteiger partial charge < -0.3 is 15.0 Å². The Hall–Kier alpha value is -2.37. The molecule has 0 spiro atoms. The van der Waals surface area contributed by atoms with Gasteiger partial charge in [0.2, 0.25) is 5.91 Å². The van der Waals surface area contributed by atoms with E-state index in [1.165, 1.54) is 19.2 Å². The lowest BCUT2D eigenvalue weighted by Crippen LogP contribution is -2.24. The zero-order chi connectivity index (χ0) is 13.7. The predicted octanol–water partition coefficient (Wildman–Crippen LogP) is 1.42. The van der Waals surface area contributed by atoms with Gasteiger partial charge in [0.1, 0.15) is 0 Å². The number of ether oxygens (including phenoxy) is 1. The fourth-order valence-corrected chi connectivity index (χ4v) is 1.64. The van der Waals surface area contributed by atoms with Crippen LogP contribution in [0.2, 0.25) is 0 Å². The molecule has 100 valence electrons. The predicted molar refractivity (Wildman–Crippen MR) is 67.1 cm³/mol. The minimum absolute atomic E-state index is 0.120. The van der Waals surface area contributed by atoms with Crippen molar-refractivity contribution in [3.63, 3.8) is 0 Å². The van der Waals surface area contributed by atoms with E-state index in [9.17, 15) is 9.18 Å². The lowest BCUT2D eigenvalue weighted by molar-refractivity contribution is -0.120. The molecule has 0 aliphatic carbocycles. The van der Waals surface area contributed by atoms with Gasteiger partial charge in [-0.3, -0.25) is 4.79 Å². The average Bonchev–Trinajstić information content (AvgIpc) is 2.90. The second-order valence-electron chi connectivity index (χ2n) is 4.00. The van der Waals surface area contributed by atoms with Gasteiger partial charge in [0.15, 0.2) is 11.6 Å². The van der Waals surface area contributed by atoms with Crippen LogP contribution >= 0.6 is 0 Å². The highest BCUT2D eigenvalue weighted by atomic mass is 19.1. The average molecular weight is 263 g/mol.